The Bertz CT molecular complexity index is 377. The molecule has 0 radical (unpaired) electrons. The molecule has 0 spiro atoms. The molecule has 2 N–H and O–H groups in total. The standard InChI is InChI=1S/C14H22N2O3/c1-16(2)9-11-19-13-7-5-12(6-8-13)15-14(18)4-3-10-17/h5-8,17H,3-4,9-11H2,1-2H3,(H,15,18). The molecule has 0 aromatic heterocycles. The Morgan fingerprint density at radius 3 is 2.58 bits per heavy atom. The van der Waals surface area contributed by atoms with Crippen LogP contribution in [-0.2, 0) is 4.79 Å². The molecule has 19 heavy (non-hydrogen) atoms. The van der Waals surface area contributed by atoms with E-state index in [9.17, 15) is 4.79 Å². The van der Waals surface area contributed by atoms with Crippen LogP contribution in [0, 0.1) is 0 Å². The fourth-order valence-electron chi connectivity index (χ4n) is 1.44. The third kappa shape index (κ3) is 6.79. The molecule has 1 amide bonds. The van der Waals surface area contributed by atoms with Crippen molar-refractivity contribution in [2.45, 2.75) is 12.8 Å². The Hall–Kier alpha value is -1.59. The molecule has 0 bridgehead atoms. The summed E-state index contributed by atoms with van der Waals surface area (Å²) in [6, 6.07) is 7.28. The van der Waals surface area contributed by atoms with E-state index in [1.54, 1.807) is 0 Å². The molecule has 5 nitrogen and oxygen atoms in total. The summed E-state index contributed by atoms with van der Waals surface area (Å²) in [6.45, 7) is 1.53. The van der Waals surface area contributed by atoms with E-state index in [4.69, 9.17) is 9.84 Å². The first-order valence-corrected chi connectivity index (χ1v) is 6.40. The first-order chi connectivity index (χ1) is 9.11. The van der Waals surface area contributed by atoms with Crippen molar-refractivity contribution in [1.29, 1.82) is 0 Å². The maximum atomic E-state index is 11.4. The fourth-order valence-corrected chi connectivity index (χ4v) is 1.44. The molecule has 1 rings (SSSR count). The number of hydrogen-bond acceptors (Lipinski definition) is 4. The van der Waals surface area contributed by atoms with Gasteiger partial charge in [-0.15, -0.1) is 0 Å². The summed E-state index contributed by atoms with van der Waals surface area (Å²) in [5, 5.41) is 11.4. The van der Waals surface area contributed by atoms with Gasteiger partial charge < -0.3 is 20.1 Å². The zero-order valence-corrected chi connectivity index (χ0v) is 11.6. The predicted octanol–water partition coefficient (Wildman–Crippen LogP) is 1.34. The van der Waals surface area contributed by atoms with Crippen LogP contribution in [0.1, 0.15) is 12.8 Å². The topological polar surface area (TPSA) is 61.8 Å². The first-order valence-electron chi connectivity index (χ1n) is 6.40. The SMILES string of the molecule is CN(C)CCOc1ccc(NC(=O)CCCO)cc1. The van der Waals surface area contributed by atoms with Crippen molar-refractivity contribution in [3.63, 3.8) is 0 Å². The zero-order valence-electron chi connectivity index (χ0n) is 11.6. The molecule has 0 aliphatic rings. The molecule has 0 saturated heterocycles. The summed E-state index contributed by atoms with van der Waals surface area (Å²) in [5.41, 5.74) is 0.739. The average Bonchev–Trinajstić information content (AvgIpc) is 2.38. The van der Waals surface area contributed by atoms with Gasteiger partial charge in [0.2, 0.25) is 5.91 Å². The highest BCUT2D eigenvalue weighted by molar-refractivity contribution is 5.90. The number of carbonyl (C=O) groups is 1. The largest absolute Gasteiger partial charge is 0.492 e. The van der Waals surface area contributed by atoms with E-state index in [1.165, 1.54) is 0 Å². The van der Waals surface area contributed by atoms with E-state index in [0.29, 0.717) is 19.4 Å². The van der Waals surface area contributed by atoms with E-state index >= 15 is 0 Å². The number of nitrogens with zero attached hydrogens (tertiary/aromatic N) is 1. The highest BCUT2D eigenvalue weighted by Gasteiger charge is 2.02. The summed E-state index contributed by atoms with van der Waals surface area (Å²) in [5.74, 6) is 0.700. The lowest BCUT2D eigenvalue weighted by Gasteiger charge is -2.11. The van der Waals surface area contributed by atoms with Crippen LogP contribution in [0.15, 0.2) is 24.3 Å². The highest BCUT2D eigenvalue weighted by Crippen LogP contribution is 2.15. The van der Waals surface area contributed by atoms with Crippen molar-refractivity contribution in [2.24, 2.45) is 0 Å². The number of ether oxygens (including phenoxy) is 1. The molecule has 0 atom stereocenters. The second kappa shape index (κ2) is 8.50. The Morgan fingerprint density at radius 1 is 1.32 bits per heavy atom. The van der Waals surface area contributed by atoms with E-state index in [-0.39, 0.29) is 12.5 Å². The fraction of sp³-hybridized carbons (Fsp3) is 0.500. The first kappa shape index (κ1) is 15.5. The quantitative estimate of drug-likeness (QED) is 0.745. The molecule has 1 aromatic carbocycles. The minimum absolute atomic E-state index is 0.0338. The number of rotatable bonds is 8. The van der Waals surface area contributed by atoms with Crippen molar-refractivity contribution in [3.8, 4) is 5.75 Å². The van der Waals surface area contributed by atoms with Gasteiger partial charge in [-0.3, -0.25) is 4.79 Å². The second-order valence-electron chi connectivity index (χ2n) is 4.55. The van der Waals surface area contributed by atoms with Crippen LogP contribution in [0.4, 0.5) is 5.69 Å². The average molecular weight is 266 g/mol. The molecular weight excluding hydrogens is 244 g/mol. The van der Waals surface area contributed by atoms with Gasteiger partial charge in [-0.2, -0.15) is 0 Å². The van der Waals surface area contributed by atoms with E-state index in [1.807, 2.05) is 38.4 Å². The number of benzene rings is 1. The Kier molecular flexibility index (Phi) is 6.92. The van der Waals surface area contributed by atoms with Crippen LogP contribution >= 0.6 is 0 Å². The van der Waals surface area contributed by atoms with Gasteiger partial charge in [0.15, 0.2) is 0 Å². The number of amides is 1. The van der Waals surface area contributed by atoms with Gasteiger partial charge in [-0.25, -0.2) is 0 Å². The smallest absolute Gasteiger partial charge is 0.224 e. The number of aliphatic hydroxyl groups is 1. The van der Waals surface area contributed by atoms with Crippen molar-refractivity contribution >= 4 is 11.6 Å². The second-order valence-corrected chi connectivity index (χ2v) is 4.55. The van der Waals surface area contributed by atoms with Crippen molar-refractivity contribution in [3.05, 3.63) is 24.3 Å². The van der Waals surface area contributed by atoms with Gasteiger partial charge in [-0.05, 0) is 44.8 Å². The molecule has 0 heterocycles. The van der Waals surface area contributed by atoms with Crippen LogP contribution < -0.4 is 10.1 Å². The molecule has 0 saturated carbocycles. The summed E-state index contributed by atoms with van der Waals surface area (Å²) in [6.07, 6.45) is 0.815. The predicted molar refractivity (Wildman–Crippen MR) is 75.4 cm³/mol. The summed E-state index contributed by atoms with van der Waals surface area (Å²) < 4.78 is 5.55. The highest BCUT2D eigenvalue weighted by atomic mass is 16.5. The minimum atomic E-state index is -0.0877. The van der Waals surface area contributed by atoms with E-state index in [0.717, 1.165) is 18.0 Å². The maximum absolute atomic E-state index is 11.4. The molecule has 0 aliphatic carbocycles. The Balaban J connectivity index is 2.36. The van der Waals surface area contributed by atoms with Gasteiger partial charge >= 0.3 is 0 Å². The number of hydrogen-bond donors (Lipinski definition) is 2. The Labute approximate surface area is 114 Å². The van der Waals surface area contributed by atoms with Crippen LogP contribution in [0.25, 0.3) is 0 Å². The van der Waals surface area contributed by atoms with E-state index in [2.05, 4.69) is 10.2 Å². The molecule has 0 unspecified atom stereocenters. The van der Waals surface area contributed by atoms with Crippen LogP contribution in [0.5, 0.6) is 5.75 Å². The monoisotopic (exact) mass is 266 g/mol. The summed E-state index contributed by atoms with van der Waals surface area (Å²) in [4.78, 5) is 13.5. The number of likely N-dealkylation sites (N-methyl/N-ethyl adjacent to an activating group) is 1. The third-order valence-corrected chi connectivity index (χ3v) is 2.51. The van der Waals surface area contributed by atoms with Gasteiger partial charge in [-0.1, -0.05) is 0 Å². The molecule has 106 valence electrons. The summed E-state index contributed by atoms with van der Waals surface area (Å²) in [7, 11) is 3.99. The number of anilines is 1. The minimum Gasteiger partial charge on any atom is -0.492 e. The lowest BCUT2D eigenvalue weighted by atomic mass is 10.2. The van der Waals surface area contributed by atoms with Crippen LogP contribution in [0.3, 0.4) is 0 Å². The van der Waals surface area contributed by atoms with Gasteiger partial charge in [0, 0.05) is 25.3 Å². The third-order valence-electron chi connectivity index (χ3n) is 2.51. The normalized spacial score (nSPS) is 10.5. The molecule has 5 heteroatoms. The summed E-state index contributed by atoms with van der Waals surface area (Å²) >= 11 is 0. The lowest BCUT2D eigenvalue weighted by molar-refractivity contribution is -0.116. The van der Waals surface area contributed by atoms with Gasteiger partial charge in [0.05, 0.1) is 0 Å². The van der Waals surface area contributed by atoms with Gasteiger partial charge in [0.1, 0.15) is 12.4 Å². The Morgan fingerprint density at radius 2 is 2.00 bits per heavy atom. The lowest BCUT2D eigenvalue weighted by Crippen LogP contribution is -2.19. The van der Waals surface area contributed by atoms with Gasteiger partial charge in [0.25, 0.3) is 0 Å². The molecule has 1 aromatic rings. The van der Waals surface area contributed by atoms with E-state index < -0.39 is 0 Å². The zero-order chi connectivity index (χ0) is 14.1. The molecule has 0 fully saturated rings. The van der Waals surface area contributed by atoms with Crippen molar-refractivity contribution < 1.29 is 14.6 Å². The number of aliphatic hydroxyl groups excluding tert-OH is 1. The maximum Gasteiger partial charge on any atom is 0.224 e. The van der Waals surface area contributed by atoms with Crippen LogP contribution in [0.2, 0.25) is 0 Å². The van der Waals surface area contributed by atoms with Crippen molar-refractivity contribution in [2.75, 3.05) is 39.2 Å². The van der Waals surface area contributed by atoms with Crippen molar-refractivity contribution in [1.82, 2.24) is 4.90 Å². The number of carbonyl (C=O) groups excluding carboxylic acids is 1. The number of nitrogens with one attached hydrogen (secondary N) is 1. The molecule has 0 aliphatic heterocycles. The molecular formula is C14H22N2O3. The van der Waals surface area contributed by atoms with Crippen LogP contribution in [-0.4, -0.2) is 49.8 Å².